The van der Waals surface area contributed by atoms with Gasteiger partial charge in [0.15, 0.2) is 0 Å². The monoisotopic (exact) mass is 262 g/mol. The highest BCUT2D eigenvalue weighted by Gasteiger charge is 2.08. The van der Waals surface area contributed by atoms with Crippen LogP contribution in [0.1, 0.15) is 17.8 Å². The number of hydrogen-bond donors (Lipinski definition) is 2. The summed E-state index contributed by atoms with van der Waals surface area (Å²) in [5, 5.41) is 20.3. The van der Waals surface area contributed by atoms with E-state index < -0.39 is 4.92 Å². The lowest BCUT2D eigenvalue weighted by atomic mass is 10.2. The molecule has 0 unspecified atom stereocenters. The van der Waals surface area contributed by atoms with Crippen LogP contribution in [0.4, 0.5) is 11.5 Å². The largest absolute Gasteiger partial charge is 0.370 e. The first-order valence-corrected chi connectivity index (χ1v) is 5.86. The summed E-state index contributed by atoms with van der Waals surface area (Å²) in [6.07, 6.45) is 4.39. The molecule has 0 saturated carbocycles. The Morgan fingerprint density at radius 1 is 1.47 bits per heavy atom. The summed E-state index contributed by atoms with van der Waals surface area (Å²) in [6.45, 7) is 2.51. The fourth-order valence-corrected chi connectivity index (χ4v) is 1.66. The lowest BCUT2D eigenvalue weighted by molar-refractivity contribution is -0.385. The van der Waals surface area contributed by atoms with E-state index in [1.807, 2.05) is 0 Å². The SMILES string of the molecule is Cc1cc([N+](=O)[O-])cnc1NCCCc1ncn[nH]1. The normalized spacial score (nSPS) is 10.4. The average molecular weight is 262 g/mol. The minimum absolute atomic E-state index is 0.00436. The second-order valence-corrected chi connectivity index (χ2v) is 4.08. The third-order valence-electron chi connectivity index (χ3n) is 2.62. The van der Waals surface area contributed by atoms with Crippen molar-refractivity contribution >= 4 is 11.5 Å². The summed E-state index contributed by atoms with van der Waals surface area (Å²) in [4.78, 5) is 18.2. The van der Waals surface area contributed by atoms with E-state index in [1.165, 1.54) is 18.6 Å². The minimum Gasteiger partial charge on any atom is -0.370 e. The Bertz CT molecular complexity index is 554. The zero-order valence-electron chi connectivity index (χ0n) is 10.5. The van der Waals surface area contributed by atoms with Gasteiger partial charge in [-0.05, 0) is 18.9 Å². The molecule has 0 aliphatic rings. The Morgan fingerprint density at radius 2 is 2.32 bits per heavy atom. The Hall–Kier alpha value is -2.51. The van der Waals surface area contributed by atoms with Crippen LogP contribution in [0.25, 0.3) is 0 Å². The summed E-state index contributed by atoms with van der Waals surface area (Å²) in [5.74, 6) is 1.51. The molecule has 2 rings (SSSR count). The number of nitrogens with zero attached hydrogens (tertiary/aromatic N) is 4. The summed E-state index contributed by atoms with van der Waals surface area (Å²) in [7, 11) is 0. The Balaban J connectivity index is 1.84. The molecule has 19 heavy (non-hydrogen) atoms. The van der Waals surface area contributed by atoms with Crippen molar-refractivity contribution in [2.45, 2.75) is 19.8 Å². The first kappa shape index (κ1) is 12.9. The molecule has 2 heterocycles. The molecular formula is C11H14N6O2. The van der Waals surface area contributed by atoms with Gasteiger partial charge in [-0.3, -0.25) is 15.2 Å². The molecule has 2 N–H and O–H groups in total. The highest BCUT2D eigenvalue weighted by molar-refractivity contribution is 5.48. The molecule has 0 amide bonds. The lowest BCUT2D eigenvalue weighted by Crippen LogP contribution is -2.07. The molecule has 0 fully saturated rings. The van der Waals surface area contributed by atoms with Crippen LogP contribution in [0.2, 0.25) is 0 Å². The van der Waals surface area contributed by atoms with E-state index in [2.05, 4.69) is 25.5 Å². The van der Waals surface area contributed by atoms with Gasteiger partial charge in [0.25, 0.3) is 5.69 Å². The number of aryl methyl sites for hydroxylation is 2. The van der Waals surface area contributed by atoms with Crippen molar-refractivity contribution in [2.24, 2.45) is 0 Å². The van der Waals surface area contributed by atoms with Crippen molar-refractivity contribution in [3.63, 3.8) is 0 Å². The van der Waals surface area contributed by atoms with Crippen molar-refractivity contribution in [3.8, 4) is 0 Å². The number of pyridine rings is 1. The van der Waals surface area contributed by atoms with Crippen LogP contribution >= 0.6 is 0 Å². The molecule has 2 aromatic heterocycles. The fraction of sp³-hybridized carbons (Fsp3) is 0.364. The van der Waals surface area contributed by atoms with Crippen molar-refractivity contribution in [2.75, 3.05) is 11.9 Å². The summed E-state index contributed by atoms with van der Waals surface area (Å²) < 4.78 is 0. The van der Waals surface area contributed by atoms with Crippen molar-refractivity contribution in [3.05, 3.63) is 40.1 Å². The van der Waals surface area contributed by atoms with Gasteiger partial charge in [0, 0.05) is 19.0 Å². The van der Waals surface area contributed by atoms with Gasteiger partial charge in [-0.2, -0.15) is 5.10 Å². The zero-order chi connectivity index (χ0) is 13.7. The molecule has 8 heteroatoms. The topological polar surface area (TPSA) is 110 Å². The van der Waals surface area contributed by atoms with Gasteiger partial charge in [-0.15, -0.1) is 0 Å². The van der Waals surface area contributed by atoms with Gasteiger partial charge in [0.1, 0.15) is 24.2 Å². The summed E-state index contributed by atoms with van der Waals surface area (Å²) in [5.41, 5.74) is 0.763. The van der Waals surface area contributed by atoms with Crippen molar-refractivity contribution in [1.82, 2.24) is 20.2 Å². The minimum atomic E-state index is -0.451. The van der Waals surface area contributed by atoms with Crippen LogP contribution in [0.15, 0.2) is 18.6 Å². The van der Waals surface area contributed by atoms with E-state index in [-0.39, 0.29) is 5.69 Å². The van der Waals surface area contributed by atoms with Gasteiger partial charge in [0.2, 0.25) is 0 Å². The number of aromatic amines is 1. The predicted molar refractivity (Wildman–Crippen MR) is 68.8 cm³/mol. The maximum absolute atomic E-state index is 10.6. The van der Waals surface area contributed by atoms with Crippen LogP contribution in [-0.4, -0.2) is 31.6 Å². The summed E-state index contributed by atoms with van der Waals surface area (Å²) in [6, 6.07) is 1.51. The molecular weight excluding hydrogens is 248 g/mol. The molecule has 8 nitrogen and oxygen atoms in total. The lowest BCUT2D eigenvalue weighted by Gasteiger charge is -2.07. The standard InChI is InChI=1S/C11H14N6O2/c1-8-5-9(17(18)19)6-13-11(8)12-4-2-3-10-14-7-15-16-10/h5-7H,2-4H2,1H3,(H,12,13)(H,14,15,16). The molecule has 2 aromatic rings. The van der Waals surface area contributed by atoms with Crippen LogP contribution in [0.5, 0.6) is 0 Å². The van der Waals surface area contributed by atoms with Gasteiger partial charge in [-0.25, -0.2) is 9.97 Å². The second-order valence-electron chi connectivity index (χ2n) is 4.08. The average Bonchev–Trinajstić information content (AvgIpc) is 2.89. The Labute approximate surface area is 109 Å². The molecule has 0 bridgehead atoms. The van der Waals surface area contributed by atoms with Crippen LogP contribution in [-0.2, 0) is 6.42 Å². The van der Waals surface area contributed by atoms with Crippen LogP contribution in [0.3, 0.4) is 0 Å². The van der Waals surface area contributed by atoms with Crippen LogP contribution < -0.4 is 5.32 Å². The maximum atomic E-state index is 10.6. The zero-order valence-corrected chi connectivity index (χ0v) is 10.5. The van der Waals surface area contributed by atoms with Gasteiger partial charge >= 0.3 is 0 Å². The number of anilines is 1. The van der Waals surface area contributed by atoms with E-state index >= 15 is 0 Å². The number of nitro groups is 1. The highest BCUT2D eigenvalue weighted by atomic mass is 16.6. The van der Waals surface area contributed by atoms with Crippen molar-refractivity contribution in [1.29, 1.82) is 0 Å². The number of nitrogens with one attached hydrogen (secondary N) is 2. The Morgan fingerprint density at radius 3 is 2.95 bits per heavy atom. The smallest absolute Gasteiger partial charge is 0.287 e. The van der Waals surface area contributed by atoms with E-state index in [0.29, 0.717) is 12.4 Å². The molecule has 0 radical (unpaired) electrons. The van der Waals surface area contributed by atoms with E-state index in [9.17, 15) is 10.1 Å². The number of H-pyrrole nitrogens is 1. The van der Waals surface area contributed by atoms with E-state index in [0.717, 1.165) is 24.2 Å². The molecule has 0 atom stereocenters. The Kier molecular flexibility index (Phi) is 4.01. The molecule has 100 valence electrons. The molecule has 0 spiro atoms. The first-order valence-electron chi connectivity index (χ1n) is 5.86. The molecule has 0 aliphatic carbocycles. The van der Waals surface area contributed by atoms with E-state index in [1.54, 1.807) is 6.92 Å². The first-order chi connectivity index (χ1) is 9.16. The van der Waals surface area contributed by atoms with Gasteiger partial charge in [-0.1, -0.05) is 0 Å². The third-order valence-corrected chi connectivity index (χ3v) is 2.62. The van der Waals surface area contributed by atoms with E-state index in [4.69, 9.17) is 0 Å². The quantitative estimate of drug-likeness (QED) is 0.463. The molecule has 0 aliphatic heterocycles. The second kappa shape index (κ2) is 5.89. The predicted octanol–water partition coefficient (Wildman–Crippen LogP) is 1.46. The van der Waals surface area contributed by atoms with Gasteiger partial charge < -0.3 is 5.32 Å². The third kappa shape index (κ3) is 3.47. The summed E-state index contributed by atoms with van der Waals surface area (Å²) >= 11 is 0. The molecule has 0 aromatic carbocycles. The molecule has 0 saturated heterocycles. The number of hydrogen-bond acceptors (Lipinski definition) is 6. The fourth-order valence-electron chi connectivity index (χ4n) is 1.66. The number of rotatable bonds is 6. The maximum Gasteiger partial charge on any atom is 0.287 e. The van der Waals surface area contributed by atoms with Gasteiger partial charge in [0.05, 0.1) is 4.92 Å². The van der Waals surface area contributed by atoms with Crippen LogP contribution in [0, 0.1) is 17.0 Å². The highest BCUT2D eigenvalue weighted by Crippen LogP contribution is 2.17. The number of aromatic nitrogens is 4. The van der Waals surface area contributed by atoms with Crippen molar-refractivity contribution < 1.29 is 4.92 Å².